The second kappa shape index (κ2) is 7.53. The van der Waals surface area contributed by atoms with E-state index in [1.165, 1.54) is 49.7 Å². The van der Waals surface area contributed by atoms with E-state index in [0.29, 0.717) is 11.8 Å². The molecule has 5 aliphatic carbocycles. The first kappa shape index (κ1) is 22.3. The summed E-state index contributed by atoms with van der Waals surface area (Å²) in [6.07, 6.45) is 16.6. The first-order valence-corrected chi connectivity index (χ1v) is 15.6. The van der Waals surface area contributed by atoms with Gasteiger partial charge in [-0.1, -0.05) is 57.2 Å². The Bertz CT molecular complexity index is 928. The molecule has 3 heteroatoms. The van der Waals surface area contributed by atoms with E-state index in [1.807, 2.05) is 6.08 Å². The Morgan fingerprint density at radius 2 is 1.66 bits per heavy atom. The molecule has 5 aliphatic rings. The number of rotatable bonds is 5. The van der Waals surface area contributed by atoms with Gasteiger partial charge in [0.15, 0.2) is 14.6 Å². The zero-order chi connectivity index (χ0) is 22.8. The third kappa shape index (κ3) is 3.80. The number of benzene rings is 1. The highest BCUT2D eigenvalue weighted by Crippen LogP contribution is 2.60. The molecule has 1 atom stereocenters. The van der Waals surface area contributed by atoms with Crippen LogP contribution in [0.3, 0.4) is 0 Å². The molecule has 4 saturated carbocycles. The van der Waals surface area contributed by atoms with E-state index >= 15 is 0 Å². The van der Waals surface area contributed by atoms with Gasteiger partial charge in [0.1, 0.15) is 5.60 Å². The Hall–Kier alpha value is -1.45. The Morgan fingerprint density at radius 3 is 2.16 bits per heavy atom. The molecule has 1 unspecified atom stereocenters. The molecule has 6 rings (SSSR count). The summed E-state index contributed by atoms with van der Waals surface area (Å²) in [5.41, 5.74) is 3.69. The molecule has 0 aromatic heterocycles. The summed E-state index contributed by atoms with van der Waals surface area (Å²) in [4.78, 5) is 12.2. The number of carbonyl (C=O) groups excluding carboxylic acids is 1. The van der Waals surface area contributed by atoms with Crippen LogP contribution in [-0.4, -0.2) is 20.2 Å². The monoisotopic (exact) mass is 448 g/mol. The van der Waals surface area contributed by atoms with Crippen molar-refractivity contribution < 1.29 is 9.22 Å². The van der Waals surface area contributed by atoms with Crippen LogP contribution in [0, 0.1) is 17.8 Å². The van der Waals surface area contributed by atoms with Crippen LogP contribution in [0.1, 0.15) is 76.8 Å². The van der Waals surface area contributed by atoms with Gasteiger partial charge < -0.3 is 4.43 Å². The van der Waals surface area contributed by atoms with Crippen molar-refractivity contribution in [2.45, 2.75) is 94.9 Å². The van der Waals surface area contributed by atoms with Crippen molar-refractivity contribution in [1.29, 1.82) is 0 Å². The lowest BCUT2D eigenvalue weighted by Gasteiger charge is -2.57. The van der Waals surface area contributed by atoms with Crippen LogP contribution in [-0.2, 0) is 14.6 Å². The average Bonchev–Trinajstić information content (AvgIpc) is 2.72. The summed E-state index contributed by atoms with van der Waals surface area (Å²) < 4.78 is 6.59. The minimum absolute atomic E-state index is 0.0764. The molecule has 0 N–H and O–H groups in total. The van der Waals surface area contributed by atoms with Gasteiger partial charge in [-0.2, -0.15) is 0 Å². The molecule has 0 saturated heterocycles. The normalized spacial score (nSPS) is 36.3. The second-order valence-corrected chi connectivity index (χ2v) is 17.6. The fourth-order valence-corrected chi connectivity index (χ4v) is 8.61. The van der Waals surface area contributed by atoms with Crippen molar-refractivity contribution in [3.63, 3.8) is 0 Å². The van der Waals surface area contributed by atoms with E-state index in [0.717, 1.165) is 24.0 Å². The fourth-order valence-electron chi connectivity index (χ4n) is 7.16. The van der Waals surface area contributed by atoms with Crippen molar-refractivity contribution in [2.24, 2.45) is 17.8 Å². The predicted octanol–water partition coefficient (Wildman–Crippen LogP) is 7.46. The second-order valence-electron chi connectivity index (χ2n) is 12.9. The van der Waals surface area contributed by atoms with Crippen LogP contribution in [0.4, 0.5) is 0 Å². The molecule has 4 fully saturated rings. The van der Waals surface area contributed by atoms with Gasteiger partial charge in [0.05, 0.1) is 0 Å². The minimum atomic E-state index is -2.05. The van der Waals surface area contributed by atoms with E-state index in [4.69, 9.17) is 4.43 Å². The summed E-state index contributed by atoms with van der Waals surface area (Å²) in [5.74, 6) is 2.87. The number of hydrogen-bond donors (Lipinski definition) is 0. The van der Waals surface area contributed by atoms with Gasteiger partial charge in [0.2, 0.25) is 0 Å². The lowest BCUT2D eigenvalue weighted by Crippen LogP contribution is -2.50. The Balaban J connectivity index is 1.38. The van der Waals surface area contributed by atoms with Gasteiger partial charge in [-0.15, -0.1) is 0 Å². The average molecular weight is 449 g/mol. The molecule has 0 radical (unpaired) electrons. The fraction of sp³-hybridized carbons (Fsp3) is 0.621. The molecule has 0 aliphatic heterocycles. The van der Waals surface area contributed by atoms with Crippen LogP contribution in [0.25, 0.3) is 5.57 Å². The zero-order valence-corrected chi connectivity index (χ0v) is 21.6. The molecule has 172 valence electrons. The zero-order valence-electron chi connectivity index (χ0n) is 20.6. The predicted molar refractivity (Wildman–Crippen MR) is 135 cm³/mol. The quantitative estimate of drug-likeness (QED) is 0.345. The number of hydrogen-bond acceptors (Lipinski definition) is 2. The topological polar surface area (TPSA) is 26.3 Å². The Morgan fingerprint density at radius 1 is 1.03 bits per heavy atom. The van der Waals surface area contributed by atoms with E-state index in [2.05, 4.69) is 70.3 Å². The Kier molecular flexibility index (Phi) is 5.26. The summed E-state index contributed by atoms with van der Waals surface area (Å²) in [5, 5.41) is 0.0764. The maximum absolute atomic E-state index is 12.2. The van der Waals surface area contributed by atoms with E-state index < -0.39 is 13.9 Å². The molecule has 1 aromatic carbocycles. The lowest BCUT2D eigenvalue weighted by molar-refractivity contribution is -0.118. The lowest BCUT2D eigenvalue weighted by atomic mass is 9.48. The largest absolute Gasteiger partial charge is 0.401 e. The number of carbonyl (C=O) groups is 1. The number of allylic oxidation sites excluding steroid dienone is 2. The summed E-state index contributed by atoms with van der Waals surface area (Å²) >= 11 is 0. The van der Waals surface area contributed by atoms with Crippen LogP contribution in [0.5, 0.6) is 0 Å². The number of aldehydes is 1. The highest BCUT2D eigenvalue weighted by atomic mass is 28.4. The maximum Gasteiger partial charge on any atom is 0.193 e. The van der Waals surface area contributed by atoms with E-state index in [-0.39, 0.29) is 5.04 Å². The first-order chi connectivity index (χ1) is 15.0. The molecular formula is C29H40O2Si. The summed E-state index contributed by atoms with van der Waals surface area (Å²) in [6, 6.07) is 9.35. The smallest absolute Gasteiger partial charge is 0.193 e. The van der Waals surface area contributed by atoms with Crippen LogP contribution in [0.15, 0.2) is 42.5 Å². The summed E-state index contributed by atoms with van der Waals surface area (Å²) in [7, 11) is -2.05. The van der Waals surface area contributed by atoms with Gasteiger partial charge >= 0.3 is 0 Å². The third-order valence-corrected chi connectivity index (χ3v) is 14.0. The first-order valence-electron chi connectivity index (χ1n) is 12.7. The van der Waals surface area contributed by atoms with Crippen LogP contribution < -0.4 is 0 Å². The molecule has 0 amide bonds. The molecule has 32 heavy (non-hydrogen) atoms. The van der Waals surface area contributed by atoms with Crippen molar-refractivity contribution >= 4 is 20.2 Å². The van der Waals surface area contributed by atoms with Gasteiger partial charge in [0, 0.05) is 6.42 Å². The summed E-state index contributed by atoms with van der Waals surface area (Å²) in [6.45, 7) is 11.1. The molecular weight excluding hydrogens is 408 g/mol. The van der Waals surface area contributed by atoms with E-state index in [1.54, 1.807) is 5.56 Å². The highest BCUT2D eigenvalue weighted by molar-refractivity contribution is 6.74. The minimum Gasteiger partial charge on any atom is -0.401 e. The molecule has 4 bridgehead atoms. The maximum atomic E-state index is 12.2. The molecule has 0 spiro atoms. The van der Waals surface area contributed by atoms with Crippen molar-refractivity contribution in [2.75, 3.05) is 0 Å². The molecule has 2 nitrogen and oxygen atoms in total. The van der Waals surface area contributed by atoms with Gasteiger partial charge in [-0.05, 0) is 103 Å². The van der Waals surface area contributed by atoms with Gasteiger partial charge in [-0.25, -0.2) is 0 Å². The highest BCUT2D eigenvalue weighted by Gasteiger charge is 2.51. The molecule has 0 heterocycles. The SMILES string of the molecule is CC(C)(C)[Si](C)(C)OC1(C=O)C=CC(c2cccc(C34CC5CC(CC(C5)C3)C4)c2)=CC1. The van der Waals surface area contributed by atoms with E-state index in [9.17, 15) is 4.79 Å². The van der Waals surface area contributed by atoms with Crippen molar-refractivity contribution in [1.82, 2.24) is 0 Å². The standard InChI is InChI=1S/C29H40O2Si/c1-27(2,3)32(4,5)31-29(20-30)11-9-24(10-12-29)25-7-6-8-26(16-25)28-17-21-13-22(18-28)15-23(14-21)19-28/h6-11,16,20-23H,12-15,17-19H2,1-5H3. The third-order valence-electron chi connectivity index (χ3n) is 9.48. The van der Waals surface area contributed by atoms with Gasteiger partial charge in [-0.3, -0.25) is 4.79 Å². The van der Waals surface area contributed by atoms with Crippen LogP contribution >= 0.6 is 0 Å². The van der Waals surface area contributed by atoms with Crippen molar-refractivity contribution in [3.05, 3.63) is 53.6 Å². The molecule has 1 aromatic rings. The van der Waals surface area contributed by atoms with Crippen LogP contribution in [0.2, 0.25) is 18.1 Å². The van der Waals surface area contributed by atoms with Crippen molar-refractivity contribution in [3.8, 4) is 0 Å². The van der Waals surface area contributed by atoms with Gasteiger partial charge in [0.25, 0.3) is 0 Å². The Labute approximate surface area is 195 Å².